The van der Waals surface area contributed by atoms with Gasteiger partial charge in [0.25, 0.3) is 0 Å². The van der Waals surface area contributed by atoms with Crippen molar-refractivity contribution in [2.24, 2.45) is 0 Å². The van der Waals surface area contributed by atoms with Gasteiger partial charge in [0, 0.05) is 5.69 Å². The maximum atomic E-state index is 12.0. The number of amides is 2. The minimum atomic E-state index is -4.78. The van der Waals surface area contributed by atoms with E-state index in [9.17, 15) is 23.1 Å². The van der Waals surface area contributed by atoms with Crippen LogP contribution in [0.5, 0.6) is 5.75 Å². The van der Waals surface area contributed by atoms with Crippen molar-refractivity contribution in [1.82, 2.24) is 5.32 Å². The van der Waals surface area contributed by atoms with Crippen LogP contribution >= 0.6 is 0 Å². The first-order valence-electron chi connectivity index (χ1n) is 5.85. The topological polar surface area (TPSA) is 90.8 Å². The predicted molar refractivity (Wildman–Crippen MR) is 67.9 cm³/mol. The lowest BCUT2D eigenvalue weighted by atomic mass is 10.1. The molecule has 0 heterocycles. The lowest BCUT2D eigenvalue weighted by molar-refractivity contribution is -0.274. The molecule has 0 saturated carbocycles. The van der Waals surface area contributed by atoms with Crippen molar-refractivity contribution >= 4 is 11.7 Å². The van der Waals surface area contributed by atoms with Gasteiger partial charge in [-0.3, -0.25) is 0 Å². The lowest BCUT2D eigenvalue weighted by Gasteiger charge is -2.20. The summed E-state index contributed by atoms with van der Waals surface area (Å²) in [7, 11) is 0. The van der Waals surface area contributed by atoms with Crippen molar-refractivity contribution < 1.29 is 32.9 Å². The van der Waals surface area contributed by atoms with Crippen LogP contribution in [0.2, 0.25) is 0 Å². The molecule has 1 aromatic rings. The molecule has 2 amide bonds. The monoisotopic (exact) mass is 308 g/mol. The number of aliphatic hydroxyl groups is 2. The maximum absolute atomic E-state index is 12.0. The van der Waals surface area contributed by atoms with Crippen LogP contribution in [0.3, 0.4) is 0 Å². The van der Waals surface area contributed by atoms with E-state index < -0.39 is 30.4 Å². The number of hydrogen-bond donors (Lipinski definition) is 4. The number of urea groups is 1. The summed E-state index contributed by atoms with van der Waals surface area (Å²) in [6.07, 6.45) is -4.78. The summed E-state index contributed by atoms with van der Waals surface area (Å²) in [6.45, 7) is 0.609. The van der Waals surface area contributed by atoms with Gasteiger partial charge in [0.2, 0.25) is 0 Å². The van der Waals surface area contributed by atoms with Crippen molar-refractivity contribution in [3.05, 3.63) is 24.3 Å². The number of aliphatic hydroxyl groups excluding tert-OH is 1. The molecule has 0 saturated heterocycles. The highest BCUT2D eigenvalue weighted by atomic mass is 19.4. The largest absolute Gasteiger partial charge is 0.573 e. The van der Waals surface area contributed by atoms with E-state index in [0.717, 1.165) is 12.1 Å². The fraction of sp³-hybridized carbons (Fsp3) is 0.417. The molecule has 1 atom stereocenters. The fourth-order valence-electron chi connectivity index (χ4n) is 1.24. The minimum Gasteiger partial charge on any atom is -0.406 e. The Kier molecular flexibility index (Phi) is 5.39. The number of carbonyl (C=O) groups excluding carboxylic acids is 1. The molecule has 0 aliphatic rings. The van der Waals surface area contributed by atoms with E-state index >= 15 is 0 Å². The van der Waals surface area contributed by atoms with Crippen LogP contribution in [0.15, 0.2) is 24.3 Å². The standard InChI is InChI=1S/C12H15F3N2O4/c1-11(20,7-18)6-16-10(19)17-8-2-4-9(5-3-8)21-12(13,14)15/h2-5,18,20H,6-7H2,1H3,(H2,16,17,19). The summed E-state index contributed by atoms with van der Waals surface area (Å²) in [5.41, 5.74) is -1.22. The summed E-state index contributed by atoms with van der Waals surface area (Å²) in [5.74, 6) is -0.406. The van der Waals surface area contributed by atoms with Crippen LogP contribution in [0.25, 0.3) is 0 Å². The van der Waals surface area contributed by atoms with Crippen LogP contribution in [0.1, 0.15) is 6.92 Å². The number of alkyl halides is 3. The molecular weight excluding hydrogens is 293 g/mol. The maximum Gasteiger partial charge on any atom is 0.573 e. The van der Waals surface area contributed by atoms with Gasteiger partial charge in [0.1, 0.15) is 11.4 Å². The summed E-state index contributed by atoms with van der Waals surface area (Å²) in [4.78, 5) is 11.5. The van der Waals surface area contributed by atoms with Gasteiger partial charge >= 0.3 is 12.4 Å². The van der Waals surface area contributed by atoms with E-state index in [1.165, 1.54) is 19.1 Å². The molecule has 118 valence electrons. The number of halogens is 3. The minimum absolute atomic E-state index is 0.190. The van der Waals surface area contributed by atoms with E-state index in [1.54, 1.807) is 0 Å². The Hall–Kier alpha value is -2.00. The smallest absolute Gasteiger partial charge is 0.406 e. The zero-order valence-corrected chi connectivity index (χ0v) is 11.1. The van der Waals surface area contributed by atoms with Gasteiger partial charge in [-0.2, -0.15) is 0 Å². The summed E-state index contributed by atoms with van der Waals surface area (Å²) in [5, 5.41) is 22.9. The molecule has 0 radical (unpaired) electrons. The Labute approximate surface area is 118 Å². The zero-order chi connectivity index (χ0) is 16.1. The van der Waals surface area contributed by atoms with Crippen LogP contribution in [-0.4, -0.2) is 41.4 Å². The molecule has 0 aromatic heterocycles. The van der Waals surface area contributed by atoms with Gasteiger partial charge in [0.15, 0.2) is 0 Å². The van der Waals surface area contributed by atoms with Crippen molar-refractivity contribution in [1.29, 1.82) is 0 Å². The lowest BCUT2D eigenvalue weighted by Crippen LogP contribution is -2.44. The second-order valence-corrected chi connectivity index (χ2v) is 4.53. The number of anilines is 1. The Morgan fingerprint density at radius 2 is 1.86 bits per heavy atom. The van der Waals surface area contributed by atoms with Crippen molar-refractivity contribution in [3.8, 4) is 5.75 Å². The van der Waals surface area contributed by atoms with Crippen LogP contribution in [0, 0.1) is 0 Å². The fourth-order valence-corrected chi connectivity index (χ4v) is 1.24. The van der Waals surface area contributed by atoms with Crippen LogP contribution in [-0.2, 0) is 0 Å². The van der Waals surface area contributed by atoms with E-state index in [-0.39, 0.29) is 12.2 Å². The molecule has 0 aliphatic heterocycles. The molecule has 0 spiro atoms. The third kappa shape index (κ3) is 6.82. The first-order chi connectivity index (χ1) is 9.61. The molecule has 0 fully saturated rings. The van der Waals surface area contributed by atoms with Gasteiger partial charge in [-0.25, -0.2) is 4.79 Å². The molecule has 1 rings (SSSR count). The number of rotatable bonds is 5. The number of carbonyl (C=O) groups is 1. The average molecular weight is 308 g/mol. The molecule has 21 heavy (non-hydrogen) atoms. The Balaban J connectivity index is 2.50. The van der Waals surface area contributed by atoms with Gasteiger partial charge < -0.3 is 25.6 Å². The molecule has 0 bridgehead atoms. The molecule has 9 heteroatoms. The summed E-state index contributed by atoms with van der Waals surface area (Å²) < 4.78 is 39.5. The zero-order valence-electron chi connectivity index (χ0n) is 11.1. The molecule has 4 N–H and O–H groups in total. The third-order valence-corrected chi connectivity index (χ3v) is 2.32. The SMILES string of the molecule is CC(O)(CO)CNC(=O)Nc1ccc(OC(F)(F)F)cc1. The quantitative estimate of drug-likeness (QED) is 0.662. The van der Waals surface area contributed by atoms with E-state index in [2.05, 4.69) is 15.4 Å². The van der Waals surface area contributed by atoms with E-state index in [4.69, 9.17) is 5.11 Å². The van der Waals surface area contributed by atoms with Crippen molar-refractivity contribution in [2.45, 2.75) is 18.9 Å². The van der Waals surface area contributed by atoms with E-state index in [1.807, 2.05) is 0 Å². The number of ether oxygens (including phenoxy) is 1. The number of nitrogens with one attached hydrogen (secondary N) is 2. The predicted octanol–water partition coefficient (Wildman–Crippen LogP) is 1.45. The van der Waals surface area contributed by atoms with Gasteiger partial charge in [0.05, 0.1) is 13.2 Å². The molecular formula is C12H15F3N2O4. The van der Waals surface area contributed by atoms with Crippen molar-refractivity contribution in [3.63, 3.8) is 0 Å². The normalized spacial score (nSPS) is 14.2. The Bertz CT molecular complexity index is 474. The highest BCUT2D eigenvalue weighted by Gasteiger charge is 2.30. The second kappa shape index (κ2) is 6.64. The first-order valence-corrected chi connectivity index (χ1v) is 5.85. The van der Waals surface area contributed by atoms with Crippen LogP contribution < -0.4 is 15.4 Å². The second-order valence-electron chi connectivity index (χ2n) is 4.53. The number of benzene rings is 1. The average Bonchev–Trinajstić information content (AvgIpc) is 2.37. The van der Waals surface area contributed by atoms with Gasteiger partial charge in [-0.15, -0.1) is 13.2 Å². The third-order valence-electron chi connectivity index (χ3n) is 2.32. The Morgan fingerprint density at radius 3 is 2.33 bits per heavy atom. The van der Waals surface area contributed by atoms with Gasteiger partial charge in [-0.05, 0) is 31.2 Å². The highest BCUT2D eigenvalue weighted by molar-refractivity contribution is 5.89. The van der Waals surface area contributed by atoms with Gasteiger partial charge in [-0.1, -0.05) is 0 Å². The van der Waals surface area contributed by atoms with Crippen LogP contribution in [0.4, 0.5) is 23.7 Å². The molecule has 0 aliphatic carbocycles. The first kappa shape index (κ1) is 17.1. The summed E-state index contributed by atoms with van der Waals surface area (Å²) >= 11 is 0. The highest BCUT2D eigenvalue weighted by Crippen LogP contribution is 2.23. The molecule has 1 unspecified atom stereocenters. The van der Waals surface area contributed by atoms with E-state index in [0.29, 0.717) is 0 Å². The molecule has 1 aromatic carbocycles. The molecule has 6 nitrogen and oxygen atoms in total. The summed E-state index contributed by atoms with van der Waals surface area (Å²) in [6, 6.07) is 3.88. The van der Waals surface area contributed by atoms with Crippen molar-refractivity contribution in [2.75, 3.05) is 18.5 Å². The number of hydrogen-bond acceptors (Lipinski definition) is 4. The Morgan fingerprint density at radius 1 is 1.29 bits per heavy atom.